The number of rotatable bonds is 6. The van der Waals surface area contributed by atoms with Gasteiger partial charge in [0.25, 0.3) is 0 Å². The Morgan fingerprint density at radius 2 is 2.00 bits per heavy atom. The number of nitrogens with zero attached hydrogens (tertiary/aromatic N) is 4. The predicted octanol–water partition coefficient (Wildman–Crippen LogP) is 2.91. The lowest BCUT2D eigenvalue weighted by Crippen LogP contribution is -2.26. The van der Waals surface area contributed by atoms with Crippen molar-refractivity contribution in [3.63, 3.8) is 0 Å². The van der Waals surface area contributed by atoms with Gasteiger partial charge in [-0.3, -0.25) is 0 Å². The Labute approximate surface area is 142 Å². The lowest BCUT2D eigenvalue weighted by molar-refractivity contribution is 0.206. The van der Waals surface area contributed by atoms with Crippen LogP contribution in [0.2, 0.25) is 0 Å². The molecular weight excluding hydrogens is 302 g/mol. The zero-order chi connectivity index (χ0) is 17.3. The third-order valence-corrected chi connectivity index (χ3v) is 4.11. The normalized spacial score (nSPS) is 11.7. The number of likely N-dealkylation sites (N-methyl/N-ethyl adjacent to an activating group) is 1. The second-order valence-corrected chi connectivity index (χ2v) is 6.54. The van der Waals surface area contributed by atoms with Crippen LogP contribution in [0, 0.1) is 5.92 Å². The van der Waals surface area contributed by atoms with E-state index in [4.69, 9.17) is 15.5 Å². The maximum atomic E-state index is 6.21. The summed E-state index contributed by atoms with van der Waals surface area (Å²) in [4.78, 5) is 11.4. The van der Waals surface area contributed by atoms with Crippen molar-refractivity contribution in [1.29, 1.82) is 0 Å². The number of ether oxygens (including phenoxy) is 1. The molecule has 3 rings (SSSR count). The van der Waals surface area contributed by atoms with Crippen LogP contribution >= 0.6 is 0 Å². The highest BCUT2D eigenvalue weighted by atomic mass is 16.5. The van der Waals surface area contributed by atoms with Crippen molar-refractivity contribution in [1.82, 2.24) is 14.5 Å². The summed E-state index contributed by atoms with van der Waals surface area (Å²) in [5.74, 6) is 1.87. The molecular formula is C18H25N5O. The van der Waals surface area contributed by atoms with Gasteiger partial charge in [-0.15, -0.1) is 0 Å². The van der Waals surface area contributed by atoms with Gasteiger partial charge in [-0.25, -0.2) is 9.97 Å². The summed E-state index contributed by atoms with van der Waals surface area (Å²) in [5.41, 5.74) is 8.94. The van der Waals surface area contributed by atoms with E-state index in [9.17, 15) is 0 Å². The van der Waals surface area contributed by atoms with Gasteiger partial charge >= 0.3 is 0 Å². The van der Waals surface area contributed by atoms with Gasteiger partial charge in [0.1, 0.15) is 5.52 Å². The van der Waals surface area contributed by atoms with Crippen molar-refractivity contribution in [3.8, 4) is 0 Å². The number of aromatic nitrogens is 3. The minimum Gasteiger partial charge on any atom is -0.383 e. The molecule has 0 aliphatic heterocycles. The van der Waals surface area contributed by atoms with Crippen molar-refractivity contribution in [2.24, 2.45) is 5.92 Å². The van der Waals surface area contributed by atoms with E-state index >= 15 is 0 Å². The summed E-state index contributed by atoms with van der Waals surface area (Å²) in [7, 11) is 3.74. The summed E-state index contributed by atoms with van der Waals surface area (Å²) in [6.07, 6.45) is 0. The van der Waals surface area contributed by atoms with Crippen LogP contribution in [0.4, 0.5) is 11.8 Å². The smallest absolute Gasteiger partial charge is 0.206 e. The molecule has 24 heavy (non-hydrogen) atoms. The van der Waals surface area contributed by atoms with Crippen LogP contribution in [-0.4, -0.2) is 41.8 Å². The monoisotopic (exact) mass is 327 g/mol. The third kappa shape index (κ3) is 2.89. The molecule has 0 radical (unpaired) electrons. The molecule has 0 saturated carbocycles. The predicted molar refractivity (Wildman–Crippen MR) is 99.4 cm³/mol. The number of hydrogen-bond acceptors (Lipinski definition) is 5. The molecule has 2 heterocycles. The van der Waals surface area contributed by atoms with Crippen molar-refractivity contribution >= 4 is 33.7 Å². The van der Waals surface area contributed by atoms with Crippen molar-refractivity contribution in [2.75, 3.05) is 37.9 Å². The van der Waals surface area contributed by atoms with Gasteiger partial charge in [0, 0.05) is 32.6 Å². The molecule has 0 fully saturated rings. The standard InChI is InChI=1S/C18H25N5O/c1-12(2)11-23-16-13-7-5-6-8-14(13)20-17(19)15(16)21-18(23)22(3)9-10-24-4/h5-8,12H,9-11H2,1-4H3,(H2,19,20). The molecule has 1 aromatic carbocycles. The quantitative estimate of drug-likeness (QED) is 0.754. The molecule has 2 aromatic heterocycles. The lowest BCUT2D eigenvalue weighted by Gasteiger charge is -2.20. The minimum absolute atomic E-state index is 0.479. The number of methoxy groups -OCH3 is 1. The van der Waals surface area contributed by atoms with Crippen molar-refractivity contribution in [2.45, 2.75) is 20.4 Å². The summed E-state index contributed by atoms with van der Waals surface area (Å²) < 4.78 is 7.47. The van der Waals surface area contributed by atoms with E-state index in [-0.39, 0.29) is 0 Å². The summed E-state index contributed by atoms with van der Waals surface area (Å²) >= 11 is 0. The molecule has 0 aliphatic carbocycles. The SMILES string of the molecule is COCCN(C)c1nc2c(N)nc3ccccc3c2n1CC(C)C. The first-order valence-corrected chi connectivity index (χ1v) is 8.27. The first-order valence-electron chi connectivity index (χ1n) is 8.27. The Morgan fingerprint density at radius 1 is 1.25 bits per heavy atom. The minimum atomic E-state index is 0.479. The maximum absolute atomic E-state index is 6.21. The van der Waals surface area contributed by atoms with E-state index in [2.05, 4.69) is 34.4 Å². The Hall–Kier alpha value is -2.34. The number of nitrogen functional groups attached to an aromatic ring is 1. The number of fused-ring (bicyclic) bond motifs is 3. The van der Waals surface area contributed by atoms with Crippen LogP contribution in [-0.2, 0) is 11.3 Å². The fourth-order valence-corrected chi connectivity index (χ4v) is 3.00. The van der Waals surface area contributed by atoms with E-state index in [1.807, 2.05) is 25.2 Å². The number of benzene rings is 1. The second-order valence-electron chi connectivity index (χ2n) is 6.54. The Bertz CT molecular complexity index is 855. The van der Waals surface area contributed by atoms with Crippen LogP contribution in [0.25, 0.3) is 21.9 Å². The maximum Gasteiger partial charge on any atom is 0.206 e. The fourth-order valence-electron chi connectivity index (χ4n) is 3.00. The van der Waals surface area contributed by atoms with Crippen LogP contribution in [0.1, 0.15) is 13.8 Å². The second kappa shape index (κ2) is 6.65. The Kier molecular flexibility index (Phi) is 4.57. The molecule has 0 saturated heterocycles. The number of para-hydroxylation sites is 1. The third-order valence-electron chi connectivity index (χ3n) is 4.11. The molecule has 6 nitrogen and oxygen atoms in total. The highest BCUT2D eigenvalue weighted by Gasteiger charge is 2.20. The van der Waals surface area contributed by atoms with Gasteiger partial charge in [-0.05, 0) is 12.0 Å². The molecule has 128 valence electrons. The topological polar surface area (TPSA) is 69.2 Å². The average Bonchev–Trinajstić information content (AvgIpc) is 2.92. The Balaban J connectivity index is 2.28. The highest BCUT2D eigenvalue weighted by molar-refractivity contribution is 6.07. The van der Waals surface area contributed by atoms with Gasteiger partial charge in [0.15, 0.2) is 5.82 Å². The molecule has 0 unspecified atom stereocenters. The van der Waals surface area contributed by atoms with E-state index in [0.29, 0.717) is 18.3 Å². The zero-order valence-electron chi connectivity index (χ0n) is 14.8. The van der Waals surface area contributed by atoms with Gasteiger partial charge in [-0.2, -0.15) is 0 Å². The van der Waals surface area contributed by atoms with E-state index < -0.39 is 0 Å². The number of imidazole rings is 1. The van der Waals surface area contributed by atoms with Gasteiger partial charge in [-0.1, -0.05) is 32.0 Å². The largest absolute Gasteiger partial charge is 0.383 e. The van der Waals surface area contributed by atoms with Crippen LogP contribution in [0.15, 0.2) is 24.3 Å². The van der Waals surface area contributed by atoms with E-state index in [1.54, 1.807) is 7.11 Å². The summed E-state index contributed by atoms with van der Waals surface area (Å²) in [6, 6.07) is 8.09. The van der Waals surface area contributed by atoms with Gasteiger partial charge in [0.05, 0.1) is 17.6 Å². The van der Waals surface area contributed by atoms with Crippen molar-refractivity contribution in [3.05, 3.63) is 24.3 Å². The molecule has 0 atom stereocenters. The number of nitrogens with two attached hydrogens (primary N) is 1. The number of pyridine rings is 1. The molecule has 3 aromatic rings. The Morgan fingerprint density at radius 3 is 2.71 bits per heavy atom. The molecule has 0 aliphatic rings. The molecule has 0 bridgehead atoms. The summed E-state index contributed by atoms with van der Waals surface area (Å²) in [6.45, 7) is 6.70. The fraction of sp³-hybridized carbons (Fsp3) is 0.444. The van der Waals surface area contributed by atoms with Crippen molar-refractivity contribution < 1.29 is 4.74 Å². The molecule has 0 amide bonds. The van der Waals surface area contributed by atoms with Gasteiger partial charge < -0.3 is 19.9 Å². The van der Waals surface area contributed by atoms with Gasteiger partial charge in [0.2, 0.25) is 5.95 Å². The number of hydrogen-bond donors (Lipinski definition) is 1. The van der Waals surface area contributed by atoms with E-state index in [1.165, 1.54) is 0 Å². The average molecular weight is 327 g/mol. The first kappa shape index (κ1) is 16.5. The first-order chi connectivity index (χ1) is 11.5. The zero-order valence-corrected chi connectivity index (χ0v) is 14.8. The summed E-state index contributed by atoms with van der Waals surface area (Å²) in [5, 5.41) is 1.08. The van der Waals surface area contributed by atoms with E-state index in [0.717, 1.165) is 41.0 Å². The number of anilines is 2. The molecule has 2 N–H and O–H groups in total. The molecule has 0 spiro atoms. The van der Waals surface area contributed by atoms with Crippen LogP contribution in [0.5, 0.6) is 0 Å². The van der Waals surface area contributed by atoms with Crippen LogP contribution < -0.4 is 10.6 Å². The molecule has 6 heteroatoms. The van der Waals surface area contributed by atoms with Crippen LogP contribution in [0.3, 0.4) is 0 Å². The lowest BCUT2D eigenvalue weighted by atomic mass is 10.1. The highest BCUT2D eigenvalue weighted by Crippen LogP contribution is 2.32.